The van der Waals surface area contributed by atoms with Crippen molar-refractivity contribution < 1.29 is 28.9 Å². The molecule has 2 N–H and O–H groups in total. The molecule has 7 heteroatoms. The fraction of sp³-hybridized carbons (Fsp3) is 0.391. The average molecular weight is 409 g/mol. The zero-order chi connectivity index (χ0) is 20.5. The number of rotatable bonds is 5. The van der Waals surface area contributed by atoms with E-state index < -0.39 is 0 Å². The fourth-order valence-corrected chi connectivity index (χ4v) is 4.72. The lowest BCUT2D eigenvalue weighted by molar-refractivity contribution is -1.02. The van der Waals surface area contributed by atoms with E-state index in [4.69, 9.17) is 9.47 Å². The second kappa shape index (κ2) is 8.08. The number of likely N-dealkylation sites (tertiary alicyclic amines) is 1. The van der Waals surface area contributed by atoms with Crippen molar-refractivity contribution in [3.63, 3.8) is 0 Å². The van der Waals surface area contributed by atoms with Gasteiger partial charge >= 0.3 is 0 Å². The number of imide groups is 1. The molecule has 2 aromatic rings. The van der Waals surface area contributed by atoms with Crippen molar-refractivity contribution in [1.82, 2.24) is 4.90 Å². The minimum absolute atomic E-state index is 0.0157. The van der Waals surface area contributed by atoms with Crippen molar-refractivity contribution >= 4 is 11.8 Å². The Balaban J connectivity index is 1.16. The summed E-state index contributed by atoms with van der Waals surface area (Å²) in [5.74, 6) is 1.58. The van der Waals surface area contributed by atoms with Gasteiger partial charge in [-0.15, -0.1) is 0 Å². The van der Waals surface area contributed by atoms with E-state index in [1.807, 2.05) is 36.4 Å². The van der Waals surface area contributed by atoms with Crippen molar-refractivity contribution in [2.45, 2.75) is 25.6 Å². The summed E-state index contributed by atoms with van der Waals surface area (Å²) in [5, 5.41) is 0. The van der Waals surface area contributed by atoms with Crippen molar-refractivity contribution in [2.24, 2.45) is 0 Å². The van der Waals surface area contributed by atoms with E-state index in [0.29, 0.717) is 19.8 Å². The first kappa shape index (κ1) is 19.1. The molecule has 3 heterocycles. The Morgan fingerprint density at radius 3 is 2.47 bits per heavy atom. The molecule has 30 heavy (non-hydrogen) atoms. The highest BCUT2D eigenvalue weighted by atomic mass is 16.7. The van der Waals surface area contributed by atoms with Crippen LogP contribution in [-0.2, 0) is 22.7 Å². The number of hydrogen-bond acceptors (Lipinski definition) is 4. The zero-order valence-corrected chi connectivity index (χ0v) is 16.9. The number of piperazine rings is 1. The third-order valence-electron chi connectivity index (χ3n) is 6.41. The van der Waals surface area contributed by atoms with Crippen molar-refractivity contribution in [3.05, 3.63) is 59.7 Å². The van der Waals surface area contributed by atoms with Crippen LogP contribution in [0.3, 0.4) is 0 Å². The molecule has 0 saturated carbocycles. The van der Waals surface area contributed by atoms with Crippen LogP contribution in [0.2, 0.25) is 0 Å². The monoisotopic (exact) mass is 409 g/mol. The molecular formula is C23H27N3O4+2. The molecule has 2 fully saturated rings. The minimum atomic E-state index is -0.228. The Bertz CT molecular complexity index is 941. The van der Waals surface area contributed by atoms with E-state index in [1.165, 1.54) is 20.3 Å². The van der Waals surface area contributed by atoms with Gasteiger partial charge in [-0.2, -0.15) is 0 Å². The average Bonchev–Trinajstić information content (AvgIpc) is 3.34. The molecular weight excluding hydrogens is 382 g/mol. The van der Waals surface area contributed by atoms with Gasteiger partial charge in [0.05, 0.1) is 13.0 Å². The molecule has 1 atom stereocenters. The van der Waals surface area contributed by atoms with Crippen molar-refractivity contribution in [3.8, 4) is 11.5 Å². The van der Waals surface area contributed by atoms with Crippen LogP contribution >= 0.6 is 0 Å². The fourth-order valence-electron chi connectivity index (χ4n) is 4.72. The molecule has 3 aliphatic heterocycles. The smallest absolute Gasteiger partial charge is 0.288 e. The van der Waals surface area contributed by atoms with E-state index >= 15 is 0 Å². The summed E-state index contributed by atoms with van der Waals surface area (Å²) in [6.07, 6.45) is 0.332. The SMILES string of the molecule is O=C1C[C@H]([NH+]2CC[NH+](Cc3ccc4c(c3)OCO4)CC2)C(=O)N1Cc1ccccc1. The van der Waals surface area contributed by atoms with Gasteiger partial charge in [0.25, 0.3) is 5.91 Å². The summed E-state index contributed by atoms with van der Waals surface area (Å²) in [7, 11) is 0. The summed E-state index contributed by atoms with van der Waals surface area (Å²) >= 11 is 0. The number of quaternary nitrogens is 2. The number of hydrogen-bond donors (Lipinski definition) is 2. The molecule has 156 valence electrons. The van der Waals surface area contributed by atoms with E-state index in [2.05, 4.69) is 12.1 Å². The van der Waals surface area contributed by atoms with Gasteiger partial charge in [-0.3, -0.25) is 14.5 Å². The van der Waals surface area contributed by atoms with Gasteiger partial charge in [-0.05, 0) is 23.8 Å². The Hall–Kier alpha value is -2.90. The van der Waals surface area contributed by atoms with E-state index in [9.17, 15) is 9.59 Å². The van der Waals surface area contributed by atoms with Crippen LogP contribution in [0.25, 0.3) is 0 Å². The third-order valence-corrected chi connectivity index (χ3v) is 6.41. The van der Waals surface area contributed by atoms with Crippen molar-refractivity contribution in [1.29, 1.82) is 0 Å². The molecule has 7 nitrogen and oxygen atoms in total. The molecule has 2 amide bonds. The van der Waals surface area contributed by atoms with Crippen LogP contribution in [0, 0.1) is 0 Å². The lowest BCUT2D eigenvalue weighted by Gasteiger charge is -2.32. The van der Waals surface area contributed by atoms with E-state index in [-0.39, 0.29) is 17.9 Å². The lowest BCUT2D eigenvalue weighted by Crippen LogP contribution is -3.29. The van der Waals surface area contributed by atoms with Crippen LogP contribution in [0.5, 0.6) is 11.5 Å². The van der Waals surface area contributed by atoms with Crippen LogP contribution < -0.4 is 19.3 Å². The number of amides is 2. The van der Waals surface area contributed by atoms with Gasteiger partial charge in [0.2, 0.25) is 12.7 Å². The van der Waals surface area contributed by atoms with Crippen LogP contribution in [-0.4, -0.2) is 55.7 Å². The first-order valence-electron chi connectivity index (χ1n) is 10.6. The Morgan fingerprint density at radius 1 is 0.900 bits per heavy atom. The highest BCUT2D eigenvalue weighted by molar-refractivity contribution is 6.04. The van der Waals surface area contributed by atoms with Gasteiger partial charge in [0.1, 0.15) is 32.7 Å². The maximum Gasteiger partial charge on any atom is 0.288 e. The second-order valence-electron chi connectivity index (χ2n) is 8.33. The maximum absolute atomic E-state index is 13.0. The summed E-state index contributed by atoms with van der Waals surface area (Å²) in [6, 6.07) is 15.6. The standard InChI is InChI=1S/C23H25N3O4/c27-22-13-19(23(28)26(22)15-17-4-2-1-3-5-17)25-10-8-24(9-11-25)14-18-6-7-20-21(12-18)30-16-29-20/h1-7,12,19H,8-11,13-16H2/p+2/t19-/m0/s1. The maximum atomic E-state index is 13.0. The first-order valence-corrected chi connectivity index (χ1v) is 10.6. The van der Waals surface area contributed by atoms with Gasteiger partial charge in [-0.1, -0.05) is 30.3 Å². The molecule has 3 aliphatic rings. The lowest BCUT2D eigenvalue weighted by atomic mass is 10.1. The Labute approximate surface area is 175 Å². The first-order chi connectivity index (χ1) is 14.7. The molecule has 0 aliphatic carbocycles. The highest BCUT2D eigenvalue weighted by Crippen LogP contribution is 2.32. The van der Waals surface area contributed by atoms with Crippen molar-refractivity contribution in [2.75, 3.05) is 33.0 Å². The number of fused-ring (bicyclic) bond motifs is 1. The van der Waals surface area contributed by atoms with Gasteiger partial charge in [0.15, 0.2) is 17.5 Å². The molecule has 2 saturated heterocycles. The van der Waals surface area contributed by atoms with Gasteiger partial charge < -0.3 is 19.3 Å². The van der Waals surface area contributed by atoms with Crippen LogP contribution in [0.15, 0.2) is 48.5 Å². The topological polar surface area (TPSA) is 64.7 Å². The van der Waals surface area contributed by atoms with Crippen LogP contribution in [0.4, 0.5) is 0 Å². The minimum Gasteiger partial charge on any atom is -0.454 e. The molecule has 0 spiro atoms. The predicted molar refractivity (Wildman–Crippen MR) is 108 cm³/mol. The largest absolute Gasteiger partial charge is 0.454 e. The normalized spacial score (nSPS) is 25.7. The number of ether oxygens (including phenoxy) is 2. The van der Waals surface area contributed by atoms with E-state index in [0.717, 1.165) is 49.8 Å². The molecule has 5 rings (SSSR count). The Kier molecular flexibility index (Phi) is 5.14. The van der Waals surface area contributed by atoms with Gasteiger partial charge in [-0.25, -0.2) is 0 Å². The third kappa shape index (κ3) is 3.78. The van der Waals surface area contributed by atoms with Crippen LogP contribution in [0.1, 0.15) is 17.5 Å². The number of nitrogens with one attached hydrogen (secondary N) is 2. The number of carbonyl (C=O) groups excluding carboxylic acids is 2. The number of nitrogens with zero attached hydrogens (tertiary/aromatic N) is 1. The Morgan fingerprint density at radius 2 is 1.67 bits per heavy atom. The highest BCUT2D eigenvalue weighted by Gasteiger charge is 2.46. The summed E-state index contributed by atoms with van der Waals surface area (Å²) in [5.41, 5.74) is 2.23. The molecule has 0 aromatic heterocycles. The summed E-state index contributed by atoms with van der Waals surface area (Å²) < 4.78 is 10.9. The second-order valence-corrected chi connectivity index (χ2v) is 8.33. The van der Waals surface area contributed by atoms with E-state index in [1.54, 1.807) is 0 Å². The summed E-state index contributed by atoms with van der Waals surface area (Å²) in [4.78, 5) is 29.6. The summed E-state index contributed by atoms with van der Waals surface area (Å²) in [6.45, 7) is 5.39. The molecule has 0 radical (unpaired) electrons. The quantitative estimate of drug-likeness (QED) is 0.624. The molecule has 2 aromatic carbocycles. The number of carbonyl (C=O) groups is 2. The van der Waals surface area contributed by atoms with Gasteiger partial charge in [0, 0.05) is 5.56 Å². The zero-order valence-electron chi connectivity index (χ0n) is 16.9. The number of benzene rings is 2. The molecule has 0 bridgehead atoms. The molecule has 0 unspecified atom stereocenters. The predicted octanol–water partition coefficient (Wildman–Crippen LogP) is -0.974.